The molecule has 3 atom stereocenters. The van der Waals surface area contributed by atoms with Crippen LogP contribution in [0.5, 0.6) is 0 Å². The van der Waals surface area contributed by atoms with Gasteiger partial charge in [0.1, 0.15) is 5.54 Å². The lowest BCUT2D eigenvalue weighted by Crippen LogP contribution is -2.61. The number of amides is 1. The fourth-order valence-electron chi connectivity index (χ4n) is 2.89. The maximum absolute atomic E-state index is 11.6. The summed E-state index contributed by atoms with van der Waals surface area (Å²) in [5.74, 6) is -0.279. The molecule has 3 unspecified atom stereocenters. The van der Waals surface area contributed by atoms with Gasteiger partial charge in [0.25, 0.3) is 0 Å². The second kappa shape index (κ2) is 4.92. The standard InChI is InChI=1S/C12H23N3O2/c1-3-14-12(2,11(13)16)8-15-6-9-4-5-10(7-15)17-9/h9-10,14H,3-8H2,1-2H3,(H2,13,16). The summed E-state index contributed by atoms with van der Waals surface area (Å²) in [5, 5.41) is 3.20. The van der Waals surface area contributed by atoms with Crippen molar-refractivity contribution in [2.45, 2.75) is 44.4 Å². The first-order valence-corrected chi connectivity index (χ1v) is 6.46. The first kappa shape index (κ1) is 12.8. The van der Waals surface area contributed by atoms with E-state index in [2.05, 4.69) is 10.2 Å². The maximum atomic E-state index is 11.6. The van der Waals surface area contributed by atoms with E-state index in [-0.39, 0.29) is 5.91 Å². The van der Waals surface area contributed by atoms with Gasteiger partial charge >= 0.3 is 0 Å². The van der Waals surface area contributed by atoms with E-state index < -0.39 is 5.54 Å². The normalized spacial score (nSPS) is 32.4. The van der Waals surface area contributed by atoms with Gasteiger partial charge in [-0.25, -0.2) is 0 Å². The van der Waals surface area contributed by atoms with E-state index in [1.807, 2.05) is 13.8 Å². The van der Waals surface area contributed by atoms with Crippen LogP contribution in [0, 0.1) is 0 Å². The van der Waals surface area contributed by atoms with E-state index in [1.165, 1.54) is 0 Å². The summed E-state index contributed by atoms with van der Waals surface area (Å²) in [4.78, 5) is 13.9. The zero-order chi connectivity index (χ0) is 12.5. The average Bonchev–Trinajstić information content (AvgIpc) is 2.58. The number of carbonyl (C=O) groups excluding carboxylic acids is 1. The Labute approximate surface area is 103 Å². The Bertz CT molecular complexity index is 285. The fourth-order valence-corrected chi connectivity index (χ4v) is 2.89. The number of fused-ring (bicyclic) bond motifs is 2. The van der Waals surface area contributed by atoms with Gasteiger partial charge in [0.05, 0.1) is 12.2 Å². The van der Waals surface area contributed by atoms with Crippen LogP contribution in [0.4, 0.5) is 0 Å². The van der Waals surface area contributed by atoms with Gasteiger partial charge < -0.3 is 15.8 Å². The highest BCUT2D eigenvalue weighted by molar-refractivity contribution is 5.84. The van der Waals surface area contributed by atoms with Crippen molar-refractivity contribution >= 4 is 5.91 Å². The molecule has 0 aromatic carbocycles. The number of rotatable bonds is 5. The van der Waals surface area contributed by atoms with E-state index >= 15 is 0 Å². The van der Waals surface area contributed by atoms with Crippen molar-refractivity contribution in [3.05, 3.63) is 0 Å². The molecule has 3 N–H and O–H groups in total. The zero-order valence-electron chi connectivity index (χ0n) is 10.7. The summed E-state index contributed by atoms with van der Waals surface area (Å²) in [6.45, 7) is 7.14. The van der Waals surface area contributed by atoms with Gasteiger partial charge in [0.15, 0.2) is 0 Å². The number of nitrogens with one attached hydrogen (secondary N) is 1. The molecule has 2 bridgehead atoms. The van der Waals surface area contributed by atoms with Crippen LogP contribution >= 0.6 is 0 Å². The van der Waals surface area contributed by atoms with Crippen LogP contribution in [0.15, 0.2) is 0 Å². The van der Waals surface area contributed by atoms with E-state index in [0.717, 1.165) is 32.5 Å². The molecule has 98 valence electrons. The quantitative estimate of drug-likeness (QED) is 0.693. The van der Waals surface area contributed by atoms with Crippen LogP contribution in [0.1, 0.15) is 26.7 Å². The largest absolute Gasteiger partial charge is 0.372 e. The second-order valence-corrected chi connectivity index (χ2v) is 5.38. The lowest BCUT2D eigenvalue weighted by Gasteiger charge is -2.38. The molecular weight excluding hydrogens is 218 g/mol. The maximum Gasteiger partial charge on any atom is 0.238 e. The first-order chi connectivity index (χ1) is 8.03. The van der Waals surface area contributed by atoms with Gasteiger partial charge in [-0.2, -0.15) is 0 Å². The Morgan fingerprint density at radius 2 is 2.06 bits per heavy atom. The summed E-state index contributed by atoms with van der Waals surface area (Å²) in [7, 11) is 0. The summed E-state index contributed by atoms with van der Waals surface area (Å²) >= 11 is 0. The van der Waals surface area contributed by atoms with Gasteiger partial charge in [-0.1, -0.05) is 6.92 Å². The van der Waals surface area contributed by atoms with Crippen LogP contribution in [0.2, 0.25) is 0 Å². The minimum atomic E-state index is -0.633. The molecule has 0 aliphatic carbocycles. The van der Waals surface area contributed by atoms with Gasteiger partial charge in [0, 0.05) is 19.6 Å². The molecule has 2 aliphatic heterocycles. The number of likely N-dealkylation sites (tertiary alicyclic amines) is 1. The lowest BCUT2D eigenvalue weighted by molar-refractivity contribution is -0.125. The molecule has 0 aromatic rings. The number of primary amides is 1. The molecule has 5 nitrogen and oxygen atoms in total. The highest BCUT2D eigenvalue weighted by Crippen LogP contribution is 2.26. The lowest BCUT2D eigenvalue weighted by atomic mass is 10.00. The van der Waals surface area contributed by atoms with E-state index in [4.69, 9.17) is 10.5 Å². The summed E-state index contributed by atoms with van der Waals surface area (Å²) < 4.78 is 5.78. The minimum absolute atomic E-state index is 0.279. The number of morpholine rings is 1. The average molecular weight is 241 g/mol. The van der Waals surface area contributed by atoms with E-state index in [0.29, 0.717) is 18.8 Å². The van der Waals surface area contributed by atoms with Crippen molar-refractivity contribution in [3.8, 4) is 0 Å². The topological polar surface area (TPSA) is 67.6 Å². The molecule has 2 heterocycles. The molecule has 2 aliphatic rings. The molecule has 17 heavy (non-hydrogen) atoms. The number of hydrogen-bond donors (Lipinski definition) is 2. The highest BCUT2D eigenvalue weighted by atomic mass is 16.5. The predicted molar refractivity (Wildman–Crippen MR) is 65.6 cm³/mol. The van der Waals surface area contributed by atoms with Crippen LogP contribution in [0.25, 0.3) is 0 Å². The van der Waals surface area contributed by atoms with E-state index in [1.54, 1.807) is 0 Å². The molecule has 2 fully saturated rings. The molecule has 0 aromatic heterocycles. The Kier molecular flexibility index (Phi) is 3.70. The Morgan fingerprint density at radius 1 is 1.47 bits per heavy atom. The monoisotopic (exact) mass is 241 g/mol. The third-order valence-electron chi connectivity index (χ3n) is 3.77. The Hall–Kier alpha value is -0.650. The Morgan fingerprint density at radius 3 is 2.53 bits per heavy atom. The van der Waals surface area contributed by atoms with Gasteiger partial charge in [-0.05, 0) is 26.3 Å². The number of ether oxygens (including phenoxy) is 1. The van der Waals surface area contributed by atoms with Crippen molar-refractivity contribution in [1.82, 2.24) is 10.2 Å². The number of likely N-dealkylation sites (N-methyl/N-ethyl adjacent to an activating group) is 1. The number of nitrogens with zero attached hydrogens (tertiary/aromatic N) is 1. The van der Waals surface area contributed by atoms with Crippen LogP contribution < -0.4 is 11.1 Å². The third kappa shape index (κ3) is 2.78. The molecule has 2 rings (SSSR count). The van der Waals surface area contributed by atoms with Crippen LogP contribution in [-0.4, -0.2) is 54.7 Å². The first-order valence-electron chi connectivity index (χ1n) is 6.46. The second-order valence-electron chi connectivity index (χ2n) is 5.38. The molecule has 2 saturated heterocycles. The molecule has 0 spiro atoms. The van der Waals surface area contributed by atoms with Crippen molar-refractivity contribution in [2.75, 3.05) is 26.2 Å². The molecule has 1 amide bonds. The highest BCUT2D eigenvalue weighted by Gasteiger charge is 2.38. The number of nitrogens with two attached hydrogens (primary N) is 1. The minimum Gasteiger partial charge on any atom is -0.372 e. The van der Waals surface area contributed by atoms with Gasteiger partial charge in [-0.15, -0.1) is 0 Å². The molecular formula is C12H23N3O2. The molecule has 0 radical (unpaired) electrons. The van der Waals surface area contributed by atoms with Crippen molar-refractivity contribution in [2.24, 2.45) is 5.73 Å². The van der Waals surface area contributed by atoms with Gasteiger partial charge in [-0.3, -0.25) is 9.69 Å². The van der Waals surface area contributed by atoms with Crippen molar-refractivity contribution in [3.63, 3.8) is 0 Å². The Balaban J connectivity index is 1.96. The molecule has 0 saturated carbocycles. The SMILES string of the molecule is CCNC(C)(CN1CC2CCC(C1)O2)C(N)=O. The van der Waals surface area contributed by atoms with Crippen LogP contribution in [0.3, 0.4) is 0 Å². The van der Waals surface area contributed by atoms with Crippen molar-refractivity contribution in [1.29, 1.82) is 0 Å². The van der Waals surface area contributed by atoms with E-state index in [9.17, 15) is 4.79 Å². The number of hydrogen-bond acceptors (Lipinski definition) is 4. The van der Waals surface area contributed by atoms with Crippen molar-refractivity contribution < 1.29 is 9.53 Å². The molecule has 5 heteroatoms. The predicted octanol–water partition coefficient (Wildman–Crippen LogP) is -0.297. The summed E-state index contributed by atoms with van der Waals surface area (Å²) in [6.07, 6.45) is 3.01. The number of carbonyl (C=O) groups is 1. The third-order valence-corrected chi connectivity index (χ3v) is 3.77. The fraction of sp³-hybridized carbons (Fsp3) is 0.917. The smallest absolute Gasteiger partial charge is 0.238 e. The zero-order valence-corrected chi connectivity index (χ0v) is 10.7. The van der Waals surface area contributed by atoms with Crippen LogP contribution in [-0.2, 0) is 9.53 Å². The summed E-state index contributed by atoms with van der Waals surface area (Å²) in [5.41, 5.74) is 4.87. The van der Waals surface area contributed by atoms with Gasteiger partial charge in [0.2, 0.25) is 5.91 Å². The summed E-state index contributed by atoms with van der Waals surface area (Å²) in [6, 6.07) is 0.